The maximum atomic E-state index is 12.4. The molecule has 2 unspecified atom stereocenters. The largest absolute Gasteiger partial charge is 0.466 e. The van der Waals surface area contributed by atoms with Gasteiger partial charge in [0.1, 0.15) is 0 Å². The summed E-state index contributed by atoms with van der Waals surface area (Å²) in [7, 11) is 0. The SMILES string of the molecule is CCCCCCC/C=C\CCCCCCCC(=O)OCCCCCCCC/C=C\C/C=C\CCC(=O)NC(CO)C(O)CCCCCCCCCCCCCCCCCC. The number of nitrogens with one attached hydrogen (secondary N) is 1. The van der Waals surface area contributed by atoms with Crippen molar-refractivity contribution in [3.05, 3.63) is 36.5 Å². The van der Waals surface area contributed by atoms with Crippen LogP contribution < -0.4 is 5.32 Å². The second-order valence-corrected chi connectivity index (χ2v) is 17.8. The average Bonchev–Trinajstić information content (AvgIpc) is 3.25. The van der Waals surface area contributed by atoms with Crippen LogP contribution in [0, 0.1) is 0 Å². The Morgan fingerprint density at radius 1 is 0.467 bits per heavy atom. The third-order valence-electron chi connectivity index (χ3n) is 11.9. The van der Waals surface area contributed by atoms with E-state index >= 15 is 0 Å². The number of aliphatic hydroxyl groups excluding tert-OH is 2. The zero-order valence-corrected chi connectivity index (χ0v) is 39.9. The molecule has 0 aliphatic rings. The lowest BCUT2D eigenvalue weighted by Crippen LogP contribution is -2.45. The molecular formula is C54H101NO5. The molecule has 0 spiro atoms. The predicted octanol–water partition coefficient (Wildman–Crippen LogP) is 15.7. The molecule has 0 saturated heterocycles. The van der Waals surface area contributed by atoms with Gasteiger partial charge in [-0.25, -0.2) is 0 Å². The van der Waals surface area contributed by atoms with Crippen LogP contribution in [0.5, 0.6) is 0 Å². The molecule has 2 atom stereocenters. The summed E-state index contributed by atoms with van der Waals surface area (Å²) in [6.45, 7) is 4.87. The fraction of sp³-hybridized carbons (Fsp3) is 0.852. The Balaban J connectivity index is 3.56. The second kappa shape index (κ2) is 49.7. The first-order chi connectivity index (χ1) is 29.5. The van der Waals surface area contributed by atoms with E-state index in [-0.39, 0.29) is 18.5 Å². The average molecular weight is 844 g/mol. The molecule has 3 N–H and O–H groups in total. The van der Waals surface area contributed by atoms with Gasteiger partial charge in [-0.2, -0.15) is 0 Å². The molecule has 1 amide bonds. The van der Waals surface area contributed by atoms with Gasteiger partial charge < -0.3 is 20.3 Å². The third kappa shape index (κ3) is 45.6. The van der Waals surface area contributed by atoms with E-state index in [1.165, 1.54) is 180 Å². The molecule has 0 radical (unpaired) electrons. The van der Waals surface area contributed by atoms with Gasteiger partial charge in [-0.3, -0.25) is 9.59 Å². The van der Waals surface area contributed by atoms with Crippen LogP contribution in [0.2, 0.25) is 0 Å². The highest BCUT2D eigenvalue weighted by Gasteiger charge is 2.19. The Morgan fingerprint density at radius 2 is 0.850 bits per heavy atom. The number of carbonyl (C=O) groups is 2. The van der Waals surface area contributed by atoms with Crippen LogP contribution in [0.1, 0.15) is 271 Å². The minimum Gasteiger partial charge on any atom is -0.466 e. The number of unbranched alkanes of at least 4 members (excludes halogenated alkanes) is 31. The van der Waals surface area contributed by atoms with E-state index in [2.05, 4.69) is 49.5 Å². The maximum absolute atomic E-state index is 12.4. The molecule has 0 aromatic heterocycles. The lowest BCUT2D eigenvalue weighted by molar-refractivity contribution is -0.143. The molecule has 0 rings (SSSR count). The zero-order valence-electron chi connectivity index (χ0n) is 39.9. The monoisotopic (exact) mass is 844 g/mol. The summed E-state index contributed by atoms with van der Waals surface area (Å²) in [6, 6.07) is -0.586. The topological polar surface area (TPSA) is 95.9 Å². The van der Waals surface area contributed by atoms with Crippen LogP contribution in [-0.4, -0.2) is 47.4 Å². The van der Waals surface area contributed by atoms with Gasteiger partial charge in [0, 0.05) is 12.8 Å². The molecule has 352 valence electrons. The number of ether oxygens (including phenoxy) is 1. The summed E-state index contributed by atoms with van der Waals surface area (Å²) in [5.74, 6) is -0.141. The number of rotatable bonds is 48. The molecule has 0 aliphatic carbocycles. The summed E-state index contributed by atoms with van der Waals surface area (Å²) in [4.78, 5) is 24.4. The van der Waals surface area contributed by atoms with Crippen molar-refractivity contribution in [3.8, 4) is 0 Å². The van der Waals surface area contributed by atoms with Crippen molar-refractivity contribution < 1.29 is 24.5 Å². The van der Waals surface area contributed by atoms with E-state index in [1.807, 2.05) is 6.08 Å². The number of aliphatic hydroxyl groups is 2. The Labute approximate surface area is 373 Å². The van der Waals surface area contributed by atoms with Gasteiger partial charge in [0.25, 0.3) is 0 Å². The minimum absolute atomic E-state index is 0.0258. The van der Waals surface area contributed by atoms with Crippen molar-refractivity contribution in [2.45, 2.75) is 283 Å². The Morgan fingerprint density at radius 3 is 1.32 bits per heavy atom. The van der Waals surface area contributed by atoms with E-state index in [9.17, 15) is 19.8 Å². The van der Waals surface area contributed by atoms with Crippen LogP contribution in [0.4, 0.5) is 0 Å². The summed E-state index contributed by atoms with van der Waals surface area (Å²) in [5, 5.41) is 23.2. The molecule has 60 heavy (non-hydrogen) atoms. The lowest BCUT2D eigenvalue weighted by atomic mass is 10.0. The van der Waals surface area contributed by atoms with Gasteiger partial charge >= 0.3 is 5.97 Å². The van der Waals surface area contributed by atoms with E-state index in [1.54, 1.807) is 0 Å². The molecule has 6 nitrogen and oxygen atoms in total. The van der Waals surface area contributed by atoms with Crippen LogP contribution in [0.3, 0.4) is 0 Å². The van der Waals surface area contributed by atoms with Crippen LogP contribution >= 0.6 is 0 Å². The standard InChI is InChI=1S/C54H101NO5/c1-3-5-7-9-11-13-15-17-19-20-22-26-30-34-38-42-46-52(57)51(50-56)55-53(58)47-43-39-35-31-27-23-21-25-29-33-37-41-45-49-60-54(59)48-44-40-36-32-28-24-18-16-14-12-10-8-6-4-2/h16,18,23,27,35,39,51-52,56-57H,3-15,17,19-22,24-26,28-34,36-38,40-50H2,1-2H3,(H,55,58)/b18-16-,27-23-,39-35-. The van der Waals surface area contributed by atoms with Crippen molar-refractivity contribution in [2.24, 2.45) is 0 Å². The highest BCUT2D eigenvalue weighted by Crippen LogP contribution is 2.16. The van der Waals surface area contributed by atoms with Crippen molar-refractivity contribution in [2.75, 3.05) is 13.2 Å². The first-order valence-electron chi connectivity index (χ1n) is 26.2. The van der Waals surface area contributed by atoms with Gasteiger partial charge in [0.2, 0.25) is 5.91 Å². The first kappa shape index (κ1) is 58.1. The van der Waals surface area contributed by atoms with Gasteiger partial charge in [-0.1, -0.05) is 224 Å². The van der Waals surface area contributed by atoms with Gasteiger partial charge in [-0.15, -0.1) is 0 Å². The second-order valence-electron chi connectivity index (χ2n) is 17.8. The molecule has 0 aliphatic heterocycles. The molecule has 0 heterocycles. The van der Waals surface area contributed by atoms with E-state index in [4.69, 9.17) is 4.74 Å². The Hall–Kier alpha value is -1.92. The van der Waals surface area contributed by atoms with Crippen LogP contribution in [-0.2, 0) is 14.3 Å². The molecule has 0 aromatic carbocycles. The van der Waals surface area contributed by atoms with E-state index < -0.39 is 12.1 Å². The molecule has 0 aromatic rings. The van der Waals surface area contributed by atoms with Crippen molar-refractivity contribution >= 4 is 11.9 Å². The molecule has 0 fully saturated rings. The molecule has 0 saturated carbocycles. The summed E-state index contributed by atoms with van der Waals surface area (Å²) in [6.07, 6.45) is 59.8. The molecule has 6 heteroatoms. The highest BCUT2D eigenvalue weighted by atomic mass is 16.5. The molecule has 0 bridgehead atoms. The number of hydrogen-bond donors (Lipinski definition) is 3. The lowest BCUT2D eigenvalue weighted by Gasteiger charge is -2.22. The summed E-state index contributed by atoms with van der Waals surface area (Å²) < 4.78 is 5.44. The van der Waals surface area contributed by atoms with E-state index in [0.29, 0.717) is 32.3 Å². The van der Waals surface area contributed by atoms with Gasteiger partial charge in [0.15, 0.2) is 0 Å². The normalized spacial score (nSPS) is 12.9. The maximum Gasteiger partial charge on any atom is 0.305 e. The number of carbonyl (C=O) groups excluding carboxylic acids is 2. The van der Waals surface area contributed by atoms with Crippen LogP contribution in [0.15, 0.2) is 36.5 Å². The first-order valence-corrected chi connectivity index (χ1v) is 26.2. The number of amides is 1. The summed E-state index contributed by atoms with van der Waals surface area (Å²) >= 11 is 0. The quantitative estimate of drug-likeness (QED) is 0.0322. The smallest absolute Gasteiger partial charge is 0.305 e. The number of esters is 1. The predicted molar refractivity (Wildman–Crippen MR) is 259 cm³/mol. The van der Waals surface area contributed by atoms with Crippen molar-refractivity contribution in [1.29, 1.82) is 0 Å². The Bertz CT molecular complexity index is 977. The van der Waals surface area contributed by atoms with Crippen molar-refractivity contribution in [3.63, 3.8) is 0 Å². The number of hydrogen-bond acceptors (Lipinski definition) is 5. The minimum atomic E-state index is -0.699. The fourth-order valence-corrected chi connectivity index (χ4v) is 7.86. The van der Waals surface area contributed by atoms with Crippen LogP contribution in [0.25, 0.3) is 0 Å². The van der Waals surface area contributed by atoms with Gasteiger partial charge in [-0.05, 0) is 70.6 Å². The molecular weight excluding hydrogens is 743 g/mol. The van der Waals surface area contributed by atoms with Crippen molar-refractivity contribution in [1.82, 2.24) is 5.32 Å². The number of allylic oxidation sites excluding steroid dienone is 6. The third-order valence-corrected chi connectivity index (χ3v) is 11.9. The zero-order chi connectivity index (χ0) is 43.7. The fourth-order valence-electron chi connectivity index (χ4n) is 7.86. The highest BCUT2D eigenvalue weighted by molar-refractivity contribution is 5.76. The van der Waals surface area contributed by atoms with E-state index in [0.717, 1.165) is 51.4 Å². The summed E-state index contributed by atoms with van der Waals surface area (Å²) in [5.41, 5.74) is 0. The van der Waals surface area contributed by atoms with Gasteiger partial charge in [0.05, 0.1) is 25.4 Å². The Kier molecular flexibility index (Phi) is 48.1.